The molecule has 0 unspecified atom stereocenters. The van der Waals surface area contributed by atoms with E-state index in [0.717, 1.165) is 22.4 Å². The average molecular weight is 308 g/mol. The van der Waals surface area contributed by atoms with Crippen LogP contribution in [0, 0.1) is 0 Å². The molecule has 4 nitrogen and oxygen atoms in total. The molecule has 1 aromatic carbocycles. The zero-order valence-electron chi connectivity index (χ0n) is 14.8. The number of hydrogen-bond donors (Lipinski definition) is 0. The van der Waals surface area contributed by atoms with Gasteiger partial charge in [-0.05, 0) is 35.2 Å². The predicted molar refractivity (Wildman–Crippen MR) is 94.1 cm³/mol. The van der Waals surface area contributed by atoms with E-state index in [1.165, 1.54) is 5.56 Å². The summed E-state index contributed by atoms with van der Waals surface area (Å²) in [6.45, 7) is 13.0. The lowest BCUT2D eigenvalue weighted by Crippen LogP contribution is -2.11. The molecule has 0 fully saturated rings. The van der Waals surface area contributed by atoms with Gasteiger partial charge in [-0.3, -0.25) is 0 Å². The van der Waals surface area contributed by atoms with Crippen molar-refractivity contribution in [1.82, 2.24) is 20.0 Å². The molecule has 0 aliphatic carbocycles. The van der Waals surface area contributed by atoms with E-state index in [4.69, 9.17) is 4.98 Å². The third-order valence-electron chi connectivity index (χ3n) is 4.04. The fraction of sp³-hybridized carbons (Fsp3) is 0.421. The average Bonchev–Trinajstić information content (AvgIpc) is 2.95. The van der Waals surface area contributed by atoms with Crippen LogP contribution < -0.4 is 0 Å². The highest BCUT2D eigenvalue weighted by Crippen LogP contribution is 2.26. The monoisotopic (exact) mass is 308 g/mol. The third kappa shape index (κ3) is 3.11. The Labute approximate surface area is 137 Å². The van der Waals surface area contributed by atoms with Crippen LogP contribution in [0.1, 0.15) is 52.8 Å². The summed E-state index contributed by atoms with van der Waals surface area (Å²) in [4.78, 5) is 4.72. The van der Waals surface area contributed by atoms with Gasteiger partial charge in [0.05, 0.1) is 17.4 Å². The Morgan fingerprint density at radius 3 is 2.22 bits per heavy atom. The quantitative estimate of drug-likeness (QED) is 0.669. The van der Waals surface area contributed by atoms with Gasteiger partial charge in [0.25, 0.3) is 0 Å². The molecular formula is C19H24N4. The zero-order chi connectivity index (χ0) is 16.8. The Morgan fingerprint density at radius 2 is 1.61 bits per heavy atom. The topological polar surface area (TPSA) is 43.6 Å². The Bertz CT molecular complexity index is 848. The number of aromatic nitrogens is 4. The highest BCUT2D eigenvalue weighted by Gasteiger charge is 2.19. The number of hydrogen-bond acceptors (Lipinski definition) is 3. The summed E-state index contributed by atoms with van der Waals surface area (Å²) in [6, 6.07) is 10.6. The third-order valence-corrected chi connectivity index (χ3v) is 4.04. The van der Waals surface area contributed by atoms with Crippen molar-refractivity contribution in [3.63, 3.8) is 0 Å². The van der Waals surface area contributed by atoms with E-state index >= 15 is 0 Å². The first-order valence-electron chi connectivity index (χ1n) is 7.99. The number of benzene rings is 1. The lowest BCUT2D eigenvalue weighted by atomic mass is 9.86. The standard InChI is InChI=1S/C19H24N4/c1-18(2,3)14-8-9-15-13(11-14)7-10-17(20-15)23-12-16(21-22-23)19(4,5)6/h7-12H,1-6H3. The molecule has 120 valence electrons. The molecule has 0 saturated carbocycles. The predicted octanol–water partition coefficient (Wildman–Crippen LogP) is 4.41. The van der Waals surface area contributed by atoms with Crippen LogP contribution in [-0.2, 0) is 10.8 Å². The number of rotatable bonds is 1. The summed E-state index contributed by atoms with van der Waals surface area (Å²) < 4.78 is 1.75. The summed E-state index contributed by atoms with van der Waals surface area (Å²) in [7, 11) is 0. The number of fused-ring (bicyclic) bond motifs is 1. The van der Waals surface area contributed by atoms with Gasteiger partial charge < -0.3 is 0 Å². The molecule has 4 heteroatoms. The summed E-state index contributed by atoms with van der Waals surface area (Å²) in [5, 5.41) is 9.63. The largest absolute Gasteiger partial charge is 0.229 e. The van der Waals surface area contributed by atoms with E-state index in [2.05, 4.69) is 76.1 Å². The molecular weight excluding hydrogens is 284 g/mol. The van der Waals surface area contributed by atoms with Gasteiger partial charge in [-0.25, -0.2) is 9.67 Å². The minimum Gasteiger partial charge on any atom is -0.229 e. The lowest BCUT2D eigenvalue weighted by Gasteiger charge is -2.19. The van der Waals surface area contributed by atoms with E-state index < -0.39 is 0 Å². The first kappa shape index (κ1) is 15.7. The summed E-state index contributed by atoms with van der Waals surface area (Å²) in [6.07, 6.45) is 1.96. The van der Waals surface area contributed by atoms with Crippen LogP contribution in [0.4, 0.5) is 0 Å². The second kappa shape index (κ2) is 5.15. The maximum atomic E-state index is 4.72. The van der Waals surface area contributed by atoms with Crippen molar-refractivity contribution >= 4 is 10.9 Å². The lowest BCUT2D eigenvalue weighted by molar-refractivity contribution is 0.566. The molecule has 0 radical (unpaired) electrons. The van der Waals surface area contributed by atoms with E-state index in [1.807, 2.05) is 12.3 Å². The number of pyridine rings is 1. The number of nitrogens with zero attached hydrogens (tertiary/aromatic N) is 4. The molecule has 2 heterocycles. The van der Waals surface area contributed by atoms with Gasteiger partial charge in [0, 0.05) is 10.8 Å². The minimum atomic E-state index is -0.0172. The van der Waals surface area contributed by atoms with E-state index in [9.17, 15) is 0 Å². The Hall–Kier alpha value is -2.23. The second-order valence-electron chi connectivity index (χ2n) is 8.13. The SMILES string of the molecule is CC(C)(C)c1ccc2nc(-n3cc(C(C)(C)C)nn3)ccc2c1. The highest BCUT2D eigenvalue weighted by atomic mass is 15.4. The molecule has 0 aliphatic rings. The fourth-order valence-corrected chi connectivity index (χ4v) is 2.43. The first-order chi connectivity index (χ1) is 10.6. The molecule has 3 aromatic rings. The molecule has 0 saturated heterocycles. The van der Waals surface area contributed by atoms with Crippen LogP contribution in [0.5, 0.6) is 0 Å². The maximum absolute atomic E-state index is 4.72. The summed E-state index contributed by atoms with van der Waals surface area (Å²) >= 11 is 0. The van der Waals surface area contributed by atoms with Crippen molar-refractivity contribution in [1.29, 1.82) is 0 Å². The van der Waals surface area contributed by atoms with Gasteiger partial charge in [0.1, 0.15) is 0 Å². The Kier molecular flexibility index (Phi) is 3.51. The van der Waals surface area contributed by atoms with Crippen molar-refractivity contribution < 1.29 is 0 Å². The molecule has 0 amide bonds. The van der Waals surface area contributed by atoms with Crippen molar-refractivity contribution in [3.05, 3.63) is 47.8 Å². The molecule has 0 atom stereocenters. The van der Waals surface area contributed by atoms with Crippen molar-refractivity contribution in [3.8, 4) is 5.82 Å². The van der Waals surface area contributed by atoms with Crippen molar-refractivity contribution in [2.45, 2.75) is 52.4 Å². The summed E-state index contributed by atoms with van der Waals surface area (Å²) in [5.41, 5.74) is 3.37. The molecule has 0 N–H and O–H groups in total. The van der Waals surface area contributed by atoms with Crippen LogP contribution in [0.3, 0.4) is 0 Å². The van der Waals surface area contributed by atoms with E-state index in [1.54, 1.807) is 4.68 Å². The zero-order valence-corrected chi connectivity index (χ0v) is 14.8. The van der Waals surface area contributed by atoms with Crippen LogP contribution in [0.2, 0.25) is 0 Å². The molecule has 3 rings (SSSR count). The first-order valence-corrected chi connectivity index (χ1v) is 7.99. The van der Waals surface area contributed by atoms with Crippen LogP contribution >= 0.6 is 0 Å². The van der Waals surface area contributed by atoms with E-state index in [-0.39, 0.29) is 10.8 Å². The van der Waals surface area contributed by atoms with Gasteiger partial charge in [-0.2, -0.15) is 0 Å². The van der Waals surface area contributed by atoms with Gasteiger partial charge in [0.2, 0.25) is 0 Å². The van der Waals surface area contributed by atoms with Crippen LogP contribution in [0.15, 0.2) is 36.5 Å². The molecule has 0 bridgehead atoms. The van der Waals surface area contributed by atoms with Crippen molar-refractivity contribution in [2.75, 3.05) is 0 Å². The van der Waals surface area contributed by atoms with Gasteiger partial charge in [-0.15, -0.1) is 5.10 Å². The van der Waals surface area contributed by atoms with Gasteiger partial charge >= 0.3 is 0 Å². The second-order valence-corrected chi connectivity index (χ2v) is 8.13. The smallest absolute Gasteiger partial charge is 0.155 e. The molecule has 0 spiro atoms. The Balaban J connectivity index is 2.02. The minimum absolute atomic E-state index is 0.0172. The molecule has 0 aliphatic heterocycles. The molecule has 23 heavy (non-hydrogen) atoms. The van der Waals surface area contributed by atoms with Crippen molar-refractivity contribution in [2.24, 2.45) is 0 Å². The van der Waals surface area contributed by atoms with Gasteiger partial charge in [0.15, 0.2) is 5.82 Å². The van der Waals surface area contributed by atoms with E-state index in [0.29, 0.717) is 0 Å². The normalized spacial score (nSPS) is 12.8. The maximum Gasteiger partial charge on any atom is 0.155 e. The fourth-order valence-electron chi connectivity index (χ4n) is 2.43. The summed E-state index contributed by atoms with van der Waals surface area (Å²) in [5.74, 6) is 0.795. The molecule has 2 aromatic heterocycles. The Morgan fingerprint density at radius 1 is 0.870 bits per heavy atom. The van der Waals surface area contributed by atoms with Crippen LogP contribution in [0.25, 0.3) is 16.7 Å². The highest BCUT2D eigenvalue weighted by molar-refractivity contribution is 5.80. The van der Waals surface area contributed by atoms with Gasteiger partial charge in [-0.1, -0.05) is 52.8 Å². The van der Waals surface area contributed by atoms with Crippen LogP contribution in [-0.4, -0.2) is 20.0 Å².